The predicted molar refractivity (Wildman–Crippen MR) is 76.7 cm³/mol. The van der Waals surface area contributed by atoms with E-state index < -0.39 is 10.8 Å². The number of hydrogen-bond donors (Lipinski definition) is 0. The van der Waals surface area contributed by atoms with E-state index >= 15 is 0 Å². The van der Waals surface area contributed by atoms with E-state index in [9.17, 15) is 4.21 Å². The Bertz CT molecular complexity index is 610. The highest BCUT2D eigenvalue weighted by Gasteiger charge is 2.24. The number of aromatic nitrogens is 2. The van der Waals surface area contributed by atoms with Gasteiger partial charge in [0.05, 0.1) is 17.6 Å². The molecule has 6 heteroatoms. The summed E-state index contributed by atoms with van der Waals surface area (Å²) >= 11 is 0. The fourth-order valence-electron chi connectivity index (χ4n) is 1.69. The van der Waals surface area contributed by atoms with Crippen LogP contribution >= 0.6 is 0 Å². The van der Waals surface area contributed by atoms with Crippen LogP contribution in [0.2, 0.25) is 0 Å². The smallest absolute Gasteiger partial charge is 0.209 e. The average Bonchev–Trinajstić information content (AvgIpc) is 2.96. The van der Waals surface area contributed by atoms with Crippen molar-refractivity contribution in [2.75, 3.05) is 0 Å². The van der Waals surface area contributed by atoms with Gasteiger partial charge >= 0.3 is 0 Å². The molecule has 0 aromatic carbocycles. The first-order valence-corrected chi connectivity index (χ1v) is 7.91. The van der Waals surface area contributed by atoms with Gasteiger partial charge in [0.25, 0.3) is 0 Å². The molecule has 0 radical (unpaired) electrons. The first kappa shape index (κ1) is 15.0. The lowest BCUT2D eigenvalue weighted by Crippen LogP contribution is -2.09. The van der Waals surface area contributed by atoms with Crippen molar-refractivity contribution >= 4 is 10.8 Å². The minimum absolute atomic E-state index is 0.102. The molecule has 0 unspecified atom stereocenters. The lowest BCUT2D eigenvalue weighted by atomic mass is 9.94. The lowest BCUT2D eigenvalue weighted by molar-refractivity contribution is 0.382. The third kappa shape index (κ3) is 3.36. The SMILES string of the molecule is Cc1cc(C[S@](=O)[C@@H](C)c2ncc(C(C)(C)C)o2)no1. The lowest BCUT2D eigenvalue weighted by Gasteiger charge is -2.13. The second kappa shape index (κ2) is 5.52. The van der Waals surface area contributed by atoms with Crippen molar-refractivity contribution in [3.63, 3.8) is 0 Å². The van der Waals surface area contributed by atoms with Crippen molar-refractivity contribution in [2.24, 2.45) is 0 Å². The second-order valence-electron chi connectivity index (χ2n) is 5.91. The van der Waals surface area contributed by atoms with Crippen LogP contribution in [0.3, 0.4) is 0 Å². The fraction of sp³-hybridized carbons (Fsp3) is 0.571. The molecule has 2 heterocycles. The van der Waals surface area contributed by atoms with E-state index in [0.717, 1.165) is 11.5 Å². The highest BCUT2D eigenvalue weighted by atomic mass is 32.2. The van der Waals surface area contributed by atoms with Gasteiger partial charge in [0.1, 0.15) is 16.8 Å². The zero-order valence-electron chi connectivity index (χ0n) is 12.5. The normalized spacial score (nSPS) is 15.2. The molecule has 0 aliphatic carbocycles. The maximum atomic E-state index is 12.3. The first-order valence-electron chi connectivity index (χ1n) is 6.53. The van der Waals surface area contributed by atoms with Gasteiger partial charge in [-0.2, -0.15) is 0 Å². The van der Waals surface area contributed by atoms with Crippen LogP contribution in [-0.2, 0) is 22.0 Å². The van der Waals surface area contributed by atoms with Gasteiger partial charge in [0.15, 0.2) is 0 Å². The summed E-state index contributed by atoms with van der Waals surface area (Å²) in [6.45, 7) is 9.82. The van der Waals surface area contributed by atoms with Gasteiger partial charge in [0.2, 0.25) is 5.89 Å². The van der Waals surface area contributed by atoms with Crippen LogP contribution in [0.5, 0.6) is 0 Å². The van der Waals surface area contributed by atoms with Crippen LogP contribution < -0.4 is 0 Å². The molecule has 0 amide bonds. The number of nitrogens with zero attached hydrogens (tertiary/aromatic N) is 2. The quantitative estimate of drug-likeness (QED) is 0.866. The Labute approximate surface area is 121 Å². The van der Waals surface area contributed by atoms with Gasteiger partial charge in [-0.3, -0.25) is 4.21 Å². The van der Waals surface area contributed by atoms with Crippen molar-refractivity contribution < 1.29 is 13.1 Å². The number of hydrogen-bond acceptors (Lipinski definition) is 5. The Hall–Kier alpha value is -1.43. The Morgan fingerprint density at radius 2 is 2.10 bits per heavy atom. The molecule has 5 nitrogen and oxygen atoms in total. The van der Waals surface area contributed by atoms with Crippen LogP contribution in [0.1, 0.15) is 56.1 Å². The minimum Gasteiger partial charge on any atom is -0.444 e. The maximum absolute atomic E-state index is 12.3. The van der Waals surface area contributed by atoms with E-state index in [1.54, 1.807) is 12.3 Å². The summed E-state index contributed by atoms with van der Waals surface area (Å²) in [5.74, 6) is 2.36. The fourth-order valence-corrected chi connectivity index (χ4v) is 2.70. The Kier molecular flexibility index (Phi) is 4.13. The molecule has 0 aliphatic heterocycles. The van der Waals surface area contributed by atoms with Crippen LogP contribution in [0.15, 0.2) is 21.2 Å². The zero-order valence-corrected chi connectivity index (χ0v) is 13.3. The van der Waals surface area contributed by atoms with Gasteiger partial charge in [-0.1, -0.05) is 25.9 Å². The molecule has 2 aromatic heterocycles. The van der Waals surface area contributed by atoms with Crippen LogP contribution in [0.25, 0.3) is 0 Å². The van der Waals surface area contributed by atoms with E-state index in [0.29, 0.717) is 17.3 Å². The molecule has 2 aromatic rings. The van der Waals surface area contributed by atoms with Gasteiger partial charge in [-0.25, -0.2) is 4.98 Å². The van der Waals surface area contributed by atoms with Gasteiger partial charge in [-0.05, 0) is 13.8 Å². The number of rotatable bonds is 4. The van der Waals surface area contributed by atoms with Crippen molar-refractivity contribution in [3.8, 4) is 0 Å². The highest BCUT2D eigenvalue weighted by Crippen LogP contribution is 2.27. The van der Waals surface area contributed by atoms with E-state index in [-0.39, 0.29) is 10.7 Å². The van der Waals surface area contributed by atoms with Crippen molar-refractivity contribution in [1.29, 1.82) is 0 Å². The molecule has 2 atom stereocenters. The average molecular weight is 296 g/mol. The molecule has 0 fully saturated rings. The van der Waals surface area contributed by atoms with Crippen molar-refractivity contribution in [1.82, 2.24) is 10.1 Å². The third-order valence-corrected chi connectivity index (χ3v) is 4.54. The monoisotopic (exact) mass is 296 g/mol. The van der Waals surface area contributed by atoms with Crippen molar-refractivity contribution in [3.05, 3.63) is 35.4 Å². The summed E-state index contributed by atoms with van der Waals surface area (Å²) in [4.78, 5) is 4.25. The Morgan fingerprint density at radius 3 is 2.60 bits per heavy atom. The summed E-state index contributed by atoms with van der Waals surface area (Å²) in [5, 5.41) is 3.58. The summed E-state index contributed by atoms with van der Waals surface area (Å²) in [6.07, 6.45) is 1.71. The second-order valence-corrected chi connectivity index (χ2v) is 7.67. The highest BCUT2D eigenvalue weighted by molar-refractivity contribution is 7.84. The van der Waals surface area contributed by atoms with Crippen LogP contribution in [0, 0.1) is 6.92 Å². The van der Waals surface area contributed by atoms with E-state index in [4.69, 9.17) is 8.94 Å². The third-order valence-electron chi connectivity index (χ3n) is 2.97. The first-order chi connectivity index (χ1) is 9.27. The minimum atomic E-state index is -1.15. The molecule has 110 valence electrons. The van der Waals surface area contributed by atoms with Crippen LogP contribution in [0.4, 0.5) is 0 Å². The Balaban J connectivity index is 2.08. The summed E-state index contributed by atoms with van der Waals surface area (Å²) < 4.78 is 23.0. The molecule has 0 saturated heterocycles. The van der Waals surface area contributed by atoms with E-state index in [2.05, 4.69) is 30.9 Å². The zero-order chi connectivity index (χ0) is 14.9. The van der Waals surface area contributed by atoms with Crippen LogP contribution in [-0.4, -0.2) is 14.3 Å². The molecule has 0 saturated carbocycles. The van der Waals surface area contributed by atoms with Gasteiger partial charge < -0.3 is 8.94 Å². The maximum Gasteiger partial charge on any atom is 0.209 e. The van der Waals surface area contributed by atoms with E-state index in [1.165, 1.54) is 0 Å². The number of oxazole rings is 1. The van der Waals surface area contributed by atoms with Gasteiger partial charge in [0, 0.05) is 22.3 Å². The molecular weight excluding hydrogens is 276 g/mol. The van der Waals surface area contributed by atoms with E-state index in [1.807, 2.05) is 13.8 Å². The summed E-state index contributed by atoms with van der Waals surface area (Å²) in [7, 11) is -1.15. The largest absolute Gasteiger partial charge is 0.444 e. The summed E-state index contributed by atoms with van der Waals surface area (Å²) in [5.41, 5.74) is 0.589. The molecular formula is C14H20N2O3S. The molecule has 0 bridgehead atoms. The molecule has 0 N–H and O–H groups in total. The number of aryl methyl sites for hydroxylation is 1. The predicted octanol–water partition coefficient (Wildman–Crippen LogP) is 3.28. The van der Waals surface area contributed by atoms with Gasteiger partial charge in [-0.15, -0.1) is 0 Å². The molecule has 20 heavy (non-hydrogen) atoms. The summed E-state index contributed by atoms with van der Waals surface area (Å²) in [6, 6.07) is 1.79. The molecule has 0 aliphatic rings. The Morgan fingerprint density at radius 1 is 1.40 bits per heavy atom. The van der Waals surface area contributed by atoms with Crippen molar-refractivity contribution in [2.45, 2.75) is 51.0 Å². The topological polar surface area (TPSA) is 69.1 Å². The molecule has 2 rings (SSSR count). The molecule has 0 spiro atoms. The standard InChI is InChI=1S/C14H20N2O3S/c1-9-6-11(16-19-9)8-20(17)10(2)13-15-7-12(18-13)14(3,4)5/h6-7,10H,8H2,1-5H3/t10-,20-/m0/s1.